The summed E-state index contributed by atoms with van der Waals surface area (Å²) in [5.41, 5.74) is 0. The van der Waals surface area contributed by atoms with Gasteiger partial charge >= 0.3 is 0 Å². The van der Waals surface area contributed by atoms with E-state index in [4.69, 9.17) is 5.11 Å². The molecule has 0 aromatic heterocycles. The number of aliphatic hydroxyl groups excluding tert-OH is 1. The van der Waals surface area contributed by atoms with Gasteiger partial charge in [-0.25, -0.2) is 0 Å². The summed E-state index contributed by atoms with van der Waals surface area (Å²) < 4.78 is 0.113. The molecule has 0 saturated carbocycles. The van der Waals surface area contributed by atoms with E-state index in [1.165, 1.54) is 0 Å². The zero-order valence-electron chi connectivity index (χ0n) is 3.97. The van der Waals surface area contributed by atoms with E-state index in [1.807, 2.05) is 21.6 Å². The fourth-order valence-electron chi connectivity index (χ4n) is 0.320. The molecule has 0 unspecified atom stereocenters. The SMILES string of the molecule is OC1SSC2(SS1)SS2. The highest BCUT2D eigenvalue weighted by atomic mass is 33.2. The van der Waals surface area contributed by atoms with Crippen molar-refractivity contribution < 1.29 is 5.11 Å². The lowest BCUT2D eigenvalue weighted by atomic mass is 11.7. The van der Waals surface area contributed by atoms with Crippen molar-refractivity contribution in [3.63, 3.8) is 0 Å². The third-order valence-electron chi connectivity index (χ3n) is 0.684. The Balaban J connectivity index is 1.91. The maximum absolute atomic E-state index is 9.03. The Morgan fingerprint density at radius 2 is 1.56 bits per heavy atom. The summed E-state index contributed by atoms with van der Waals surface area (Å²) in [4.78, 5) is 0. The normalized spacial score (nSPS) is 33.0. The van der Waals surface area contributed by atoms with Crippen LogP contribution in [0.1, 0.15) is 0 Å². The summed E-state index contributed by atoms with van der Waals surface area (Å²) in [7, 11) is 10.4. The van der Waals surface area contributed by atoms with E-state index in [2.05, 4.69) is 0 Å². The van der Waals surface area contributed by atoms with E-state index >= 15 is 0 Å². The molecular weight excluding hydrogens is 232 g/mol. The van der Waals surface area contributed by atoms with Crippen molar-refractivity contribution in [3.05, 3.63) is 0 Å². The lowest BCUT2D eigenvalue weighted by Crippen LogP contribution is -1.99. The summed E-state index contributed by atoms with van der Waals surface area (Å²) in [6.07, 6.45) is 0. The van der Waals surface area contributed by atoms with Crippen LogP contribution in [0.4, 0.5) is 0 Å². The third-order valence-corrected chi connectivity index (χ3v) is 13.7. The molecule has 2 fully saturated rings. The Labute approximate surface area is 76.8 Å². The standard InChI is InChI=1S/C2H2OS6/c3-1-4-6-2(7-5-1)8-9-2/h1,3H. The van der Waals surface area contributed by atoms with Gasteiger partial charge in [-0.2, -0.15) is 0 Å². The molecule has 0 atom stereocenters. The molecule has 2 aliphatic heterocycles. The van der Waals surface area contributed by atoms with Gasteiger partial charge in [0.2, 0.25) is 0 Å². The quantitative estimate of drug-likeness (QED) is 0.507. The van der Waals surface area contributed by atoms with Crippen molar-refractivity contribution in [3.8, 4) is 0 Å². The Hall–Kier alpha value is 2.06. The summed E-state index contributed by atoms with van der Waals surface area (Å²) in [6.45, 7) is 0. The van der Waals surface area contributed by atoms with Crippen molar-refractivity contribution in [2.45, 2.75) is 7.51 Å². The second-order valence-corrected chi connectivity index (χ2v) is 10.7. The van der Waals surface area contributed by atoms with Crippen molar-refractivity contribution >= 4 is 64.8 Å². The molecule has 0 bridgehead atoms. The minimum atomic E-state index is -0.229. The Kier molecular flexibility index (Phi) is 2.43. The van der Waals surface area contributed by atoms with Crippen LogP contribution in [0, 0.1) is 0 Å². The van der Waals surface area contributed by atoms with E-state index in [9.17, 15) is 0 Å². The Morgan fingerprint density at radius 1 is 1.00 bits per heavy atom. The molecule has 0 aromatic rings. The highest BCUT2D eigenvalue weighted by Crippen LogP contribution is 2.83. The highest BCUT2D eigenvalue weighted by Gasteiger charge is 2.52. The van der Waals surface area contributed by atoms with Crippen molar-refractivity contribution in [2.75, 3.05) is 0 Å². The fourth-order valence-corrected chi connectivity index (χ4v) is 12.5. The number of aliphatic hydroxyl groups is 1. The average Bonchev–Trinajstić information content (AvgIpc) is 2.60. The number of rotatable bonds is 0. The predicted octanol–water partition coefficient (Wildman–Crippen LogP) is 3.04. The highest BCUT2D eigenvalue weighted by molar-refractivity contribution is 9.14. The zero-order chi connectivity index (χ0) is 6.32. The molecule has 2 saturated heterocycles. The first-order valence-corrected chi connectivity index (χ1v) is 8.62. The monoisotopic (exact) mass is 234 g/mol. The molecule has 2 aliphatic rings. The van der Waals surface area contributed by atoms with Gasteiger partial charge in [0.1, 0.15) is 0 Å². The van der Waals surface area contributed by atoms with Crippen LogP contribution in [0.3, 0.4) is 0 Å². The van der Waals surface area contributed by atoms with E-state index in [1.54, 1.807) is 43.2 Å². The molecule has 52 valence electrons. The first-order valence-electron chi connectivity index (χ1n) is 2.05. The van der Waals surface area contributed by atoms with Crippen molar-refractivity contribution in [1.82, 2.24) is 0 Å². The zero-order valence-corrected chi connectivity index (χ0v) is 8.87. The van der Waals surface area contributed by atoms with Gasteiger partial charge in [0.05, 0.1) is 0 Å². The van der Waals surface area contributed by atoms with Gasteiger partial charge in [-0.15, -0.1) is 0 Å². The molecule has 2 rings (SSSR count). The van der Waals surface area contributed by atoms with Crippen LogP contribution in [-0.4, -0.2) is 12.6 Å². The van der Waals surface area contributed by atoms with Crippen molar-refractivity contribution in [2.24, 2.45) is 0 Å². The largest absolute Gasteiger partial charge is 0.371 e. The van der Waals surface area contributed by atoms with Gasteiger partial charge in [0.15, 0.2) is 7.51 Å². The first-order chi connectivity index (χ1) is 4.31. The molecule has 0 amide bonds. The van der Waals surface area contributed by atoms with Crippen LogP contribution < -0.4 is 0 Å². The molecule has 2 heterocycles. The summed E-state index contributed by atoms with van der Waals surface area (Å²) in [5.74, 6) is 0. The first kappa shape index (κ1) is 7.70. The molecule has 7 heteroatoms. The summed E-state index contributed by atoms with van der Waals surface area (Å²) >= 11 is 0. The molecule has 0 radical (unpaired) electrons. The van der Waals surface area contributed by atoms with E-state index in [-0.39, 0.29) is 4.77 Å². The van der Waals surface area contributed by atoms with Gasteiger partial charge in [-0.1, -0.05) is 0 Å². The Bertz CT molecular complexity index is 112. The fraction of sp³-hybridized carbons (Fsp3) is 1.00. The van der Waals surface area contributed by atoms with E-state index in [0.717, 1.165) is 0 Å². The van der Waals surface area contributed by atoms with Crippen molar-refractivity contribution in [1.29, 1.82) is 0 Å². The maximum Gasteiger partial charge on any atom is 0.192 e. The van der Waals surface area contributed by atoms with E-state index in [0.29, 0.717) is 2.74 Å². The van der Waals surface area contributed by atoms with Crippen LogP contribution in [0.2, 0.25) is 0 Å². The lowest BCUT2D eigenvalue weighted by molar-refractivity contribution is 0.348. The van der Waals surface area contributed by atoms with Gasteiger partial charge < -0.3 is 5.11 Å². The predicted molar refractivity (Wildman–Crippen MR) is 54.3 cm³/mol. The third kappa shape index (κ3) is 1.80. The molecule has 0 aliphatic carbocycles. The maximum atomic E-state index is 9.03. The molecule has 1 nitrogen and oxygen atoms in total. The van der Waals surface area contributed by atoms with Crippen LogP contribution in [0.15, 0.2) is 0 Å². The van der Waals surface area contributed by atoms with Gasteiger partial charge in [-0.05, 0) is 64.8 Å². The second-order valence-electron chi connectivity index (χ2n) is 1.33. The van der Waals surface area contributed by atoms with Gasteiger partial charge in [0.25, 0.3) is 0 Å². The van der Waals surface area contributed by atoms with Gasteiger partial charge in [0, 0.05) is 0 Å². The van der Waals surface area contributed by atoms with E-state index < -0.39 is 0 Å². The molecular formula is C2H2OS6. The average molecular weight is 234 g/mol. The molecule has 9 heavy (non-hydrogen) atoms. The van der Waals surface area contributed by atoms with Crippen LogP contribution in [-0.2, 0) is 0 Å². The minimum absolute atomic E-state index is 0.229. The van der Waals surface area contributed by atoms with Gasteiger partial charge in [-0.3, -0.25) is 0 Å². The lowest BCUT2D eigenvalue weighted by Gasteiger charge is -2.18. The number of hydrogen-bond acceptors (Lipinski definition) is 7. The second kappa shape index (κ2) is 2.84. The topological polar surface area (TPSA) is 20.2 Å². The Morgan fingerprint density at radius 3 is 2.00 bits per heavy atom. The molecule has 1 spiro atoms. The smallest absolute Gasteiger partial charge is 0.192 e. The van der Waals surface area contributed by atoms with Crippen LogP contribution in [0.25, 0.3) is 0 Å². The summed E-state index contributed by atoms with van der Waals surface area (Å²) in [5, 5.41) is 9.03. The number of hydrogen-bond donors (Lipinski definition) is 1. The molecule has 1 N–H and O–H groups in total. The molecule has 0 aromatic carbocycles. The van der Waals surface area contributed by atoms with Crippen LogP contribution in [0.5, 0.6) is 0 Å². The summed E-state index contributed by atoms with van der Waals surface area (Å²) in [6, 6.07) is 0. The minimum Gasteiger partial charge on any atom is -0.371 e. The van der Waals surface area contributed by atoms with Crippen LogP contribution >= 0.6 is 64.8 Å².